The molecule has 28 heavy (non-hydrogen) atoms. The first-order chi connectivity index (χ1) is 13.6. The normalized spacial score (nSPS) is 12.1. The van der Waals surface area contributed by atoms with Gasteiger partial charge in [0.15, 0.2) is 5.78 Å². The van der Waals surface area contributed by atoms with Gasteiger partial charge in [-0.3, -0.25) is 19.7 Å². The zero-order chi connectivity index (χ0) is 19.4. The monoisotopic (exact) mass is 369 g/mol. The highest BCUT2D eigenvalue weighted by atomic mass is 16.6. The molecule has 0 saturated carbocycles. The largest absolute Gasteiger partial charge is 0.289 e. The molecule has 0 radical (unpaired) electrons. The molecule has 134 valence electrons. The van der Waals surface area contributed by atoms with Crippen LogP contribution in [0.25, 0.3) is 22.2 Å². The molecule has 0 amide bonds. The van der Waals surface area contributed by atoms with Crippen molar-refractivity contribution >= 4 is 28.3 Å². The van der Waals surface area contributed by atoms with E-state index in [1.54, 1.807) is 36.4 Å². The van der Waals surface area contributed by atoms with E-state index in [9.17, 15) is 19.7 Å². The predicted octanol–water partition coefficient (Wildman–Crippen LogP) is 3.84. The summed E-state index contributed by atoms with van der Waals surface area (Å²) >= 11 is 0. The molecule has 0 saturated heterocycles. The van der Waals surface area contributed by atoms with Crippen molar-refractivity contribution in [2.75, 3.05) is 0 Å². The summed E-state index contributed by atoms with van der Waals surface area (Å²) in [6.07, 6.45) is 0. The maximum Gasteiger partial charge on any atom is 0.278 e. The van der Waals surface area contributed by atoms with E-state index in [0.29, 0.717) is 33.3 Å². The number of nitro benzene ring substituents is 1. The highest BCUT2D eigenvalue weighted by molar-refractivity contribution is 6.25. The van der Waals surface area contributed by atoms with E-state index in [1.165, 1.54) is 28.9 Å². The third-order valence-corrected chi connectivity index (χ3v) is 4.88. The van der Waals surface area contributed by atoms with E-state index in [1.807, 2.05) is 6.07 Å². The predicted molar refractivity (Wildman–Crippen MR) is 101 cm³/mol. The fraction of sp³-hybridized carbons (Fsp3) is 0. The molecule has 0 atom stereocenters. The van der Waals surface area contributed by atoms with E-state index in [0.717, 1.165) is 0 Å². The molecular weight excluding hydrogens is 358 g/mol. The van der Waals surface area contributed by atoms with Crippen molar-refractivity contribution in [2.24, 2.45) is 0 Å². The molecule has 0 spiro atoms. The minimum Gasteiger partial charge on any atom is -0.289 e. The summed E-state index contributed by atoms with van der Waals surface area (Å²) in [7, 11) is 0. The average molecular weight is 369 g/mol. The van der Waals surface area contributed by atoms with Crippen LogP contribution < -0.4 is 0 Å². The van der Waals surface area contributed by atoms with Crippen LogP contribution in [-0.2, 0) is 0 Å². The van der Waals surface area contributed by atoms with Crippen LogP contribution in [0.3, 0.4) is 0 Å². The van der Waals surface area contributed by atoms with Crippen LogP contribution in [0.1, 0.15) is 26.3 Å². The van der Waals surface area contributed by atoms with Crippen LogP contribution in [0.2, 0.25) is 0 Å². The first kappa shape index (κ1) is 16.1. The van der Waals surface area contributed by atoms with Gasteiger partial charge in [0.2, 0.25) is 0 Å². The molecule has 0 N–H and O–H groups in total. The van der Waals surface area contributed by atoms with Crippen molar-refractivity contribution in [3.63, 3.8) is 0 Å². The Balaban J connectivity index is 1.77. The number of aromatic nitrogens is 2. The number of non-ortho nitro benzene ring substituents is 1. The van der Waals surface area contributed by atoms with Gasteiger partial charge in [-0.05, 0) is 12.1 Å². The fourth-order valence-corrected chi connectivity index (χ4v) is 3.61. The van der Waals surface area contributed by atoms with Crippen LogP contribution in [0, 0.1) is 10.1 Å². The number of hydrogen-bond acceptors (Lipinski definition) is 5. The molecule has 1 aliphatic carbocycles. The van der Waals surface area contributed by atoms with E-state index in [4.69, 9.17) is 0 Å². The van der Waals surface area contributed by atoms with E-state index >= 15 is 0 Å². The molecule has 0 aliphatic heterocycles. The minimum atomic E-state index is -0.551. The second kappa shape index (κ2) is 5.68. The summed E-state index contributed by atoms with van der Waals surface area (Å²) in [4.78, 5) is 36.4. The van der Waals surface area contributed by atoms with Gasteiger partial charge in [-0.2, -0.15) is 9.78 Å². The SMILES string of the molecule is O=C1c2ccccc2-c2nn(C(=O)c3cccc([N+](=O)[O-])c3)c3cccc1c23. The molecule has 1 aromatic heterocycles. The molecule has 0 fully saturated rings. The van der Waals surface area contributed by atoms with Crippen molar-refractivity contribution in [1.29, 1.82) is 0 Å². The lowest BCUT2D eigenvalue weighted by Crippen LogP contribution is -2.13. The van der Waals surface area contributed by atoms with Crippen molar-refractivity contribution in [3.05, 3.63) is 93.5 Å². The Labute approximate surface area is 158 Å². The average Bonchev–Trinajstić information content (AvgIpc) is 3.12. The summed E-state index contributed by atoms with van der Waals surface area (Å²) in [5.74, 6) is -0.611. The lowest BCUT2D eigenvalue weighted by Gasteiger charge is -2.13. The molecule has 7 nitrogen and oxygen atoms in total. The number of hydrogen-bond donors (Lipinski definition) is 0. The Bertz CT molecular complexity index is 1340. The molecule has 5 rings (SSSR count). The molecule has 3 aromatic carbocycles. The molecule has 7 heteroatoms. The van der Waals surface area contributed by atoms with Gasteiger partial charge in [0, 0.05) is 39.8 Å². The van der Waals surface area contributed by atoms with Crippen LogP contribution in [0.15, 0.2) is 66.7 Å². The van der Waals surface area contributed by atoms with Crippen LogP contribution in [0.5, 0.6) is 0 Å². The maximum absolute atomic E-state index is 13.1. The highest BCUT2D eigenvalue weighted by Crippen LogP contribution is 2.38. The lowest BCUT2D eigenvalue weighted by atomic mass is 9.87. The quantitative estimate of drug-likeness (QED) is 0.348. The zero-order valence-corrected chi connectivity index (χ0v) is 14.3. The molecule has 1 heterocycles. The van der Waals surface area contributed by atoms with Crippen molar-refractivity contribution < 1.29 is 14.5 Å². The van der Waals surface area contributed by atoms with E-state index < -0.39 is 10.8 Å². The number of nitrogens with zero attached hydrogens (tertiary/aromatic N) is 3. The van der Waals surface area contributed by atoms with Crippen molar-refractivity contribution in [1.82, 2.24) is 9.78 Å². The second-order valence-corrected chi connectivity index (χ2v) is 6.45. The van der Waals surface area contributed by atoms with Gasteiger partial charge in [0.25, 0.3) is 11.6 Å². The Morgan fingerprint density at radius 2 is 1.64 bits per heavy atom. The van der Waals surface area contributed by atoms with Crippen molar-refractivity contribution in [2.45, 2.75) is 0 Å². The lowest BCUT2D eigenvalue weighted by molar-refractivity contribution is -0.384. The van der Waals surface area contributed by atoms with Gasteiger partial charge in [-0.25, -0.2) is 0 Å². The fourth-order valence-electron chi connectivity index (χ4n) is 3.61. The standard InChI is InChI=1S/C21H11N3O4/c25-20-15-8-2-1-7-14(15)19-18-16(20)9-4-10-17(18)23(22-19)21(26)12-5-3-6-13(11-12)24(27)28/h1-11H. The maximum atomic E-state index is 13.1. The number of ketones is 1. The third kappa shape index (κ3) is 2.13. The van der Waals surface area contributed by atoms with Crippen molar-refractivity contribution in [3.8, 4) is 11.3 Å². The van der Waals surface area contributed by atoms with Crippen LogP contribution in [-0.4, -0.2) is 26.4 Å². The van der Waals surface area contributed by atoms with Gasteiger partial charge in [0.05, 0.1) is 10.4 Å². The number of carbonyl (C=O) groups excluding carboxylic acids is 2. The summed E-state index contributed by atoms with van der Waals surface area (Å²) in [6, 6.07) is 17.8. The van der Waals surface area contributed by atoms with Gasteiger partial charge < -0.3 is 0 Å². The van der Waals surface area contributed by atoms with Gasteiger partial charge in [-0.15, -0.1) is 0 Å². The summed E-state index contributed by atoms with van der Waals surface area (Å²) in [5.41, 5.74) is 2.72. The van der Waals surface area contributed by atoms with E-state index in [-0.39, 0.29) is 17.0 Å². The number of rotatable bonds is 2. The number of benzene rings is 3. The first-order valence-corrected chi connectivity index (χ1v) is 8.51. The summed E-state index contributed by atoms with van der Waals surface area (Å²) in [5, 5.41) is 16.1. The molecule has 0 bridgehead atoms. The Morgan fingerprint density at radius 3 is 2.43 bits per heavy atom. The highest BCUT2D eigenvalue weighted by Gasteiger charge is 2.30. The van der Waals surface area contributed by atoms with Gasteiger partial charge in [-0.1, -0.05) is 42.5 Å². The topological polar surface area (TPSA) is 95.1 Å². The smallest absolute Gasteiger partial charge is 0.278 e. The number of fused-ring (bicyclic) bond motifs is 2. The van der Waals surface area contributed by atoms with Crippen LogP contribution in [0.4, 0.5) is 5.69 Å². The Hall–Kier alpha value is -4.13. The molecular formula is C21H11N3O4. The summed E-state index contributed by atoms with van der Waals surface area (Å²) in [6.45, 7) is 0. The number of carbonyl (C=O) groups is 2. The molecule has 4 aromatic rings. The van der Waals surface area contributed by atoms with E-state index in [2.05, 4.69) is 5.10 Å². The summed E-state index contributed by atoms with van der Waals surface area (Å²) < 4.78 is 1.21. The van der Waals surface area contributed by atoms with Gasteiger partial charge >= 0.3 is 0 Å². The van der Waals surface area contributed by atoms with Crippen LogP contribution >= 0.6 is 0 Å². The Kier molecular flexibility index (Phi) is 3.26. The molecule has 1 aliphatic rings. The third-order valence-electron chi connectivity index (χ3n) is 4.88. The minimum absolute atomic E-state index is 0.115. The van der Waals surface area contributed by atoms with Gasteiger partial charge in [0.1, 0.15) is 5.69 Å². The molecule has 0 unspecified atom stereocenters. The zero-order valence-electron chi connectivity index (χ0n) is 14.3. The first-order valence-electron chi connectivity index (χ1n) is 8.51. The number of nitro groups is 1. The Morgan fingerprint density at radius 1 is 0.929 bits per heavy atom. The second-order valence-electron chi connectivity index (χ2n) is 6.45.